The molecule has 1 aliphatic heterocycles. The fourth-order valence-corrected chi connectivity index (χ4v) is 3.73. The molecular weight excluding hydrogens is 322 g/mol. The first-order valence-electron chi connectivity index (χ1n) is 8.34. The van der Waals surface area contributed by atoms with Crippen molar-refractivity contribution in [1.82, 2.24) is 0 Å². The lowest BCUT2D eigenvalue weighted by molar-refractivity contribution is -0.123. The van der Waals surface area contributed by atoms with Crippen LogP contribution in [-0.4, -0.2) is 5.78 Å². The molecule has 128 valence electrons. The molecular formula is C20H18F2N2O. The number of halogens is 2. The molecule has 3 atom stereocenters. The second-order valence-electron chi connectivity index (χ2n) is 6.74. The van der Waals surface area contributed by atoms with Gasteiger partial charge in [-0.05, 0) is 35.7 Å². The number of Topliss-reactive ketones (excluding diaryl/α,β-unsaturated/α-hetero) is 1. The van der Waals surface area contributed by atoms with E-state index in [1.165, 1.54) is 12.1 Å². The molecule has 0 saturated heterocycles. The van der Waals surface area contributed by atoms with E-state index in [0.29, 0.717) is 12.0 Å². The minimum atomic E-state index is -0.649. The van der Waals surface area contributed by atoms with Crippen LogP contribution in [-0.2, 0) is 4.79 Å². The summed E-state index contributed by atoms with van der Waals surface area (Å²) in [6.45, 7) is 1.99. The summed E-state index contributed by atoms with van der Waals surface area (Å²) < 4.78 is 27.6. The zero-order valence-electron chi connectivity index (χ0n) is 13.7. The number of carbonyl (C=O) groups is 1. The molecule has 5 heteroatoms. The van der Waals surface area contributed by atoms with Gasteiger partial charge in [-0.25, -0.2) is 8.78 Å². The van der Waals surface area contributed by atoms with Gasteiger partial charge >= 0.3 is 0 Å². The summed E-state index contributed by atoms with van der Waals surface area (Å²) in [5, 5.41) is 6.66. The first-order chi connectivity index (χ1) is 12.0. The molecule has 25 heavy (non-hydrogen) atoms. The summed E-state index contributed by atoms with van der Waals surface area (Å²) in [6.07, 6.45) is 2.46. The second-order valence-corrected chi connectivity index (χ2v) is 6.74. The summed E-state index contributed by atoms with van der Waals surface area (Å²) in [7, 11) is 0. The van der Waals surface area contributed by atoms with Gasteiger partial charge in [0.1, 0.15) is 17.4 Å². The Labute approximate surface area is 144 Å². The number of anilines is 2. The Morgan fingerprint density at radius 1 is 1.04 bits per heavy atom. The average Bonchev–Trinajstić information content (AvgIpc) is 2.70. The number of ketones is 1. The molecule has 1 aliphatic carbocycles. The molecule has 4 rings (SSSR count). The van der Waals surface area contributed by atoms with Crippen molar-refractivity contribution in [3.8, 4) is 0 Å². The molecule has 0 bridgehead atoms. The highest BCUT2D eigenvalue weighted by atomic mass is 19.1. The fourth-order valence-electron chi connectivity index (χ4n) is 3.73. The van der Waals surface area contributed by atoms with E-state index < -0.39 is 23.6 Å². The zero-order valence-corrected chi connectivity index (χ0v) is 13.7. The standard InChI is InChI=1S/C20H18F2N2O/c1-11-6-17-19(18(25)7-11)20(12-8-13(21)10-14(22)9-12)24-16-5-3-2-4-15(16)23-17/h2-6,8-11,19-20,23-24H,7H2,1H3/t11-,19+,20+/m0/s1. The zero-order chi connectivity index (χ0) is 17.6. The van der Waals surface area contributed by atoms with Gasteiger partial charge in [-0.3, -0.25) is 4.79 Å². The van der Waals surface area contributed by atoms with Crippen molar-refractivity contribution in [3.05, 3.63) is 71.4 Å². The van der Waals surface area contributed by atoms with Crippen LogP contribution in [0.2, 0.25) is 0 Å². The lowest BCUT2D eigenvalue weighted by Gasteiger charge is -2.31. The quantitative estimate of drug-likeness (QED) is 0.794. The van der Waals surface area contributed by atoms with Gasteiger partial charge in [0.05, 0.1) is 23.3 Å². The summed E-state index contributed by atoms with van der Waals surface area (Å²) in [6, 6.07) is 10.5. The molecule has 0 amide bonds. The van der Waals surface area contributed by atoms with Crippen molar-refractivity contribution < 1.29 is 13.6 Å². The maximum absolute atomic E-state index is 13.8. The SMILES string of the molecule is C[C@H]1C=C2Nc3ccccc3N[C@H](c3cc(F)cc(F)c3)[C@H]2C(=O)C1. The summed E-state index contributed by atoms with van der Waals surface area (Å²) >= 11 is 0. The van der Waals surface area contributed by atoms with E-state index in [9.17, 15) is 13.6 Å². The maximum Gasteiger partial charge on any atom is 0.144 e. The van der Waals surface area contributed by atoms with Gasteiger partial charge in [0.15, 0.2) is 0 Å². The Hall–Kier alpha value is -2.69. The first kappa shape index (κ1) is 15.8. The largest absolute Gasteiger partial charge is 0.375 e. The van der Waals surface area contributed by atoms with Crippen molar-refractivity contribution in [3.63, 3.8) is 0 Å². The number of fused-ring (bicyclic) bond motifs is 2. The molecule has 2 aliphatic rings. The molecule has 0 aromatic heterocycles. The highest BCUT2D eigenvalue weighted by Gasteiger charge is 2.38. The van der Waals surface area contributed by atoms with Crippen LogP contribution in [0.1, 0.15) is 24.9 Å². The van der Waals surface area contributed by atoms with Crippen molar-refractivity contribution in [2.24, 2.45) is 11.8 Å². The van der Waals surface area contributed by atoms with Crippen molar-refractivity contribution >= 4 is 17.2 Å². The number of rotatable bonds is 1. The second kappa shape index (κ2) is 5.99. The predicted octanol–water partition coefficient (Wildman–Crippen LogP) is 4.65. The van der Waals surface area contributed by atoms with E-state index in [-0.39, 0.29) is 11.7 Å². The molecule has 2 aromatic rings. The van der Waals surface area contributed by atoms with Gasteiger partial charge in [0, 0.05) is 18.2 Å². The molecule has 0 radical (unpaired) electrons. The third-order valence-corrected chi connectivity index (χ3v) is 4.76. The molecule has 0 spiro atoms. The van der Waals surface area contributed by atoms with Gasteiger partial charge < -0.3 is 10.6 Å². The molecule has 0 fully saturated rings. The summed E-state index contributed by atoms with van der Waals surface area (Å²) in [5.41, 5.74) is 2.86. The van der Waals surface area contributed by atoms with E-state index in [0.717, 1.165) is 23.1 Å². The number of benzene rings is 2. The highest BCUT2D eigenvalue weighted by molar-refractivity contribution is 5.89. The van der Waals surface area contributed by atoms with Crippen LogP contribution < -0.4 is 10.6 Å². The first-order valence-corrected chi connectivity index (χ1v) is 8.34. The summed E-state index contributed by atoms with van der Waals surface area (Å²) in [4.78, 5) is 12.8. The van der Waals surface area contributed by atoms with Gasteiger partial charge in [-0.2, -0.15) is 0 Å². The topological polar surface area (TPSA) is 41.1 Å². The normalized spacial score (nSPS) is 25.0. The number of para-hydroxylation sites is 2. The number of carbonyl (C=O) groups excluding carboxylic acids is 1. The van der Waals surface area contributed by atoms with Gasteiger partial charge in [-0.15, -0.1) is 0 Å². The van der Waals surface area contributed by atoms with E-state index >= 15 is 0 Å². The Kier molecular flexibility index (Phi) is 3.79. The van der Waals surface area contributed by atoms with Crippen LogP contribution >= 0.6 is 0 Å². The molecule has 2 aromatic carbocycles. The lowest BCUT2D eigenvalue weighted by atomic mass is 9.79. The number of hydrogen-bond acceptors (Lipinski definition) is 3. The highest BCUT2D eigenvalue weighted by Crippen LogP contribution is 2.42. The average molecular weight is 340 g/mol. The monoisotopic (exact) mass is 340 g/mol. The van der Waals surface area contributed by atoms with Gasteiger partial charge in [-0.1, -0.05) is 25.1 Å². The minimum Gasteiger partial charge on any atom is -0.375 e. The minimum absolute atomic E-state index is 0.0625. The number of hydrogen-bond donors (Lipinski definition) is 2. The van der Waals surface area contributed by atoms with Crippen LogP contribution in [0.15, 0.2) is 54.2 Å². The maximum atomic E-state index is 13.8. The van der Waals surface area contributed by atoms with Crippen LogP contribution in [0.3, 0.4) is 0 Å². The predicted molar refractivity (Wildman–Crippen MR) is 93.1 cm³/mol. The molecule has 2 N–H and O–H groups in total. The number of nitrogens with one attached hydrogen (secondary N) is 2. The Morgan fingerprint density at radius 2 is 1.72 bits per heavy atom. The third-order valence-electron chi connectivity index (χ3n) is 4.76. The molecule has 1 heterocycles. The fraction of sp³-hybridized carbons (Fsp3) is 0.250. The lowest BCUT2D eigenvalue weighted by Crippen LogP contribution is -2.33. The van der Waals surface area contributed by atoms with Crippen molar-refractivity contribution in [2.45, 2.75) is 19.4 Å². The Bertz CT molecular complexity index is 857. The van der Waals surface area contributed by atoms with Crippen molar-refractivity contribution in [1.29, 1.82) is 0 Å². The van der Waals surface area contributed by atoms with Crippen molar-refractivity contribution in [2.75, 3.05) is 10.6 Å². The van der Waals surface area contributed by atoms with Crippen LogP contribution in [0.25, 0.3) is 0 Å². The van der Waals surface area contributed by atoms with E-state index in [2.05, 4.69) is 10.6 Å². The van der Waals surface area contributed by atoms with Crippen LogP contribution in [0.5, 0.6) is 0 Å². The summed E-state index contributed by atoms with van der Waals surface area (Å²) in [5.74, 6) is -1.62. The van der Waals surface area contributed by atoms with Gasteiger partial charge in [0.25, 0.3) is 0 Å². The third kappa shape index (κ3) is 2.90. The molecule has 3 nitrogen and oxygen atoms in total. The smallest absolute Gasteiger partial charge is 0.144 e. The Balaban J connectivity index is 1.88. The number of allylic oxidation sites excluding steroid dienone is 1. The van der Waals surface area contributed by atoms with E-state index in [1.54, 1.807) is 0 Å². The molecule has 0 unspecified atom stereocenters. The van der Waals surface area contributed by atoms with Crippen LogP contribution in [0.4, 0.5) is 20.2 Å². The van der Waals surface area contributed by atoms with Gasteiger partial charge in [0.2, 0.25) is 0 Å². The Morgan fingerprint density at radius 3 is 2.44 bits per heavy atom. The van der Waals surface area contributed by atoms with E-state index in [1.807, 2.05) is 37.3 Å². The molecule has 0 saturated carbocycles. The van der Waals surface area contributed by atoms with Crippen LogP contribution in [0, 0.1) is 23.5 Å². The van der Waals surface area contributed by atoms with E-state index in [4.69, 9.17) is 0 Å².